The number of anilines is 2. The zero-order chi connectivity index (χ0) is 15.7. The molecule has 5 nitrogen and oxygen atoms in total. The van der Waals surface area contributed by atoms with Crippen LogP contribution in [0.1, 0.15) is 11.3 Å². The number of hydrogen-bond acceptors (Lipinski definition) is 4. The first-order valence-electron chi connectivity index (χ1n) is 6.87. The van der Waals surface area contributed by atoms with Crippen molar-refractivity contribution in [3.05, 3.63) is 40.3 Å². The molecule has 0 unspecified atom stereocenters. The summed E-state index contributed by atoms with van der Waals surface area (Å²) in [5.74, 6) is 0.492. The van der Waals surface area contributed by atoms with E-state index in [0.29, 0.717) is 5.95 Å². The molecule has 3 rings (SSSR count). The molecule has 0 aliphatic carbocycles. The number of fused-ring (bicyclic) bond motifs is 1. The third kappa shape index (κ3) is 2.81. The Morgan fingerprint density at radius 1 is 1.27 bits per heavy atom. The highest BCUT2D eigenvalue weighted by molar-refractivity contribution is 9.10. The van der Waals surface area contributed by atoms with Gasteiger partial charge in [-0.15, -0.1) is 0 Å². The Morgan fingerprint density at radius 3 is 2.86 bits per heavy atom. The van der Waals surface area contributed by atoms with Gasteiger partial charge in [0, 0.05) is 16.1 Å². The molecular weight excluding hydrogens is 349 g/mol. The topological polar surface area (TPSA) is 55.6 Å². The van der Waals surface area contributed by atoms with Crippen molar-refractivity contribution in [1.29, 1.82) is 0 Å². The van der Waals surface area contributed by atoms with Crippen LogP contribution in [0.3, 0.4) is 0 Å². The fourth-order valence-electron chi connectivity index (χ4n) is 2.22. The Bertz CT molecular complexity index is 830. The number of rotatable bonds is 4. The molecule has 22 heavy (non-hydrogen) atoms. The summed E-state index contributed by atoms with van der Waals surface area (Å²) in [6.07, 6.45) is 3.44. The number of nitrogens with one attached hydrogen (secondary N) is 1. The van der Waals surface area contributed by atoms with Crippen LogP contribution >= 0.6 is 15.9 Å². The predicted molar refractivity (Wildman–Crippen MR) is 88.2 cm³/mol. The molecule has 3 aromatic rings. The van der Waals surface area contributed by atoms with Crippen molar-refractivity contribution in [2.75, 3.05) is 12.0 Å². The second kappa shape index (κ2) is 6.00. The first-order chi connectivity index (χ1) is 10.6. The maximum Gasteiger partial charge on any atom is 0.227 e. The highest BCUT2D eigenvalue weighted by Crippen LogP contribution is 2.24. The van der Waals surface area contributed by atoms with E-state index in [1.54, 1.807) is 17.1 Å². The standard InChI is InChI=1S/C15H15BrFN5/c1-9-5-11-7-18-15(20-13(11)6-12(9)16)21-14-8-19-22(4-3-17)10(14)2/h5-8H,3-4H2,1-2H3,(H,18,20,21). The molecule has 0 spiro atoms. The Morgan fingerprint density at radius 2 is 2.09 bits per heavy atom. The summed E-state index contributed by atoms with van der Waals surface area (Å²) in [5.41, 5.74) is 3.62. The first-order valence-corrected chi connectivity index (χ1v) is 7.66. The quantitative estimate of drug-likeness (QED) is 0.763. The van der Waals surface area contributed by atoms with Gasteiger partial charge < -0.3 is 5.32 Å². The summed E-state index contributed by atoms with van der Waals surface area (Å²) < 4.78 is 15.1. The minimum absolute atomic E-state index is 0.248. The number of halogens is 2. The molecule has 0 radical (unpaired) electrons. The maximum absolute atomic E-state index is 12.4. The molecule has 2 aromatic heterocycles. The fourth-order valence-corrected chi connectivity index (χ4v) is 2.55. The first kappa shape index (κ1) is 14.9. The van der Waals surface area contributed by atoms with Gasteiger partial charge in [-0.25, -0.2) is 14.4 Å². The van der Waals surface area contributed by atoms with E-state index in [1.165, 1.54) is 0 Å². The molecule has 0 aliphatic heterocycles. The van der Waals surface area contributed by atoms with Crippen molar-refractivity contribution in [3.8, 4) is 0 Å². The molecular formula is C15H15BrFN5. The zero-order valence-corrected chi connectivity index (χ0v) is 13.9. The van der Waals surface area contributed by atoms with Crippen LogP contribution in [0, 0.1) is 13.8 Å². The number of benzene rings is 1. The van der Waals surface area contributed by atoms with E-state index in [4.69, 9.17) is 0 Å². The Kier molecular flexibility index (Phi) is 4.06. The average Bonchev–Trinajstić information content (AvgIpc) is 2.82. The van der Waals surface area contributed by atoms with Crippen molar-refractivity contribution < 1.29 is 4.39 Å². The molecule has 114 valence electrons. The van der Waals surface area contributed by atoms with Crippen LogP contribution in [0.2, 0.25) is 0 Å². The fraction of sp³-hybridized carbons (Fsp3) is 0.267. The van der Waals surface area contributed by atoms with Crippen LogP contribution in [0.5, 0.6) is 0 Å². The number of alkyl halides is 1. The lowest BCUT2D eigenvalue weighted by molar-refractivity contribution is 0.423. The highest BCUT2D eigenvalue weighted by Gasteiger charge is 2.09. The minimum Gasteiger partial charge on any atom is -0.321 e. The molecule has 0 atom stereocenters. The Hall–Kier alpha value is -2.02. The van der Waals surface area contributed by atoms with Crippen LogP contribution in [0.4, 0.5) is 16.0 Å². The van der Waals surface area contributed by atoms with Gasteiger partial charge in [-0.2, -0.15) is 5.10 Å². The molecule has 0 bridgehead atoms. The third-order valence-corrected chi connectivity index (χ3v) is 4.36. The highest BCUT2D eigenvalue weighted by atomic mass is 79.9. The molecule has 0 fully saturated rings. The SMILES string of the molecule is Cc1cc2cnc(Nc3cnn(CCF)c3C)nc2cc1Br. The van der Waals surface area contributed by atoms with Crippen molar-refractivity contribution in [3.63, 3.8) is 0 Å². The van der Waals surface area contributed by atoms with Crippen LogP contribution in [0.25, 0.3) is 10.9 Å². The van der Waals surface area contributed by atoms with Crippen LogP contribution in [0.15, 0.2) is 29.0 Å². The van der Waals surface area contributed by atoms with Gasteiger partial charge in [0.15, 0.2) is 0 Å². The van der Waals surface area contributed by atoms with Crippen molar-refractivity contribution in [1.82, 2.24) is 19.7 Å². The zero-order valence-electron chi connectivity index (χ0n) is 12.3. The van der Waals surface area contributed by atoms with Gasteiger partial charge in [0.05, 0.1) is 29.6 Å². The van der Waals surface area contributed by atoms with Crippen LogP contribution in [-0.2, 0) is 6.54 Å². The van der Waals surface area contributed by atoms with Gasteiger partial charge in [-0.05, 0) is 31.5 Å². The minimum atomic E-state index is -0.443. The summed E-state index contributed by atoms with van der Waals surface area (Å²) in [5, 5.41) is 8.26. The summed E-state index contributed by atoms with van der Waals surface area (Å²) >= 11 is 3.51. The number of hydrogen-bond donors (Lipinski definition) is 1. The summed E-state index contributed by atoms with van der Waals surface area (Å²) in [7, 11) is 0. The second-order valence-corrected chi connectivity index (χ2v) is 5.89. The van der Waals surface area contributed by atoms with E-state index in [2.05, 4.69) is 36.3 Å². The van der Waals surface area contributed by atoms with Gasteiger partial charge in [-0.1, -0.05) is 15.9 Å². The summed E-state index contributed by atoms with van der Waals surface area (Å²) in [6.45, 7) is 3.71. The number of aryl methyl sites for hydroxylation is 2. The molecule has 1 aromatic carbocycles. The van der Waals surface area contributed by atoms with Crippen LogP contribution < -0.4 is 5.32 Å². The van der Waals surface area contributed by atoms with E-state index in [9.17, 15) is 4.39 Å². The van der Waals surface area contributed by atoms with Gasteiger partial charge in [0.1, 0.15) is 6.67 Å². The molecule has 0 aliphatic rings. The number of nitrogens with zero attached hydrogens (tertiary/aromatic N) is 4. The Labute approximate surface area is 135 Å². The van der Waals surface area contributed by atoms with Gasteiger partial charge >= 0.3 is 0 Å². The molecule has 1 N–H and O–H groups in total. The lowest BCUT2D eigenvalue weighted by Crippen LogP contribution is -2.04. The number of aromatic nitrogens is 4. The maximum atomic E-state index is 12.4. The molecule has 2 heterocycles. The molecule has 0 saturated heterocycles. The normalized spacial score (nSPS) is 11.1. The predicted octanol–water partition coefficient (Wildman–Crippen LogP) is 3.92. The van der Waals surface area contributed by atoms with E-state index in [-0.39, 0.29) is 6.54 Å². The van der Waals surface area contributed by atoms with Crippen LogP contribution in [-0.4, -0.2) is 26.4 Å². The largest absolute Gasteiger partial charge is 0.321 e. The van der Waals surface area contributed by atoms with Gasteiger partial charge in [0.2, 0.25) is 5.95 Å². The van der Waals surface area contributed by atoms with Gasteiger partial charge in [-0.3, -0.25) is 4.68 Å². The van der Waals surface area contributed by atoms with Crippen molar-refractivity contribution in [2.45, 2.75) is 20.4 Å². The van der Waals surface area contributed by atoms with E-state index >= 15 is 0 Å². The average molecular weight is 364 g/mol. The van der Waals surface area contributed by atoms with E-state index in [1.807, 2.05) is 26.0 Å². The lowest BCUT2D eigenvalue weighted by atomic mass is 10.2. The third-order valence-electron chi connectivity index (χ3n) is 3.51. The monoisotopic (exact) mass is 363 g/mol. The summed E-state index contributed by atoms with van der Waals surface area (Å²) in [4.78, 5) is 8.83. The summed E-state index contributed by atoms with van der Waals surface area (Å²) in [6, 6.07) is 4.00. The van der Waals surface area contributed by atoms with Gasteiger partial charge in [0.25, 0.3) is 0 Å². The van der Waals surface area contributed by atoms with Crippen molar-refractivity contribution in [2.24, 2.45) is 0 Å². The lowest BCUT2D eigenvalue weighted by Gasteiger charge is -2.07. The second-order valence-electron chi connectivity index (χ2n) is 5.03. The Balaban J connectivity index is 1.92. The van der Waals surface area contributed by atoms with E-state index < -0.39 is 6.67 Å². The van der Waals surface area contributed by atoms with Crippen molar-refractivity contribution >= 4 is 38.5 Å². The smallest absolute Gasteiger partial charge is 0.227 e. The molecule has 0 amide bonds. The molecule has 7 heteroatoms. The van der Waals surface area contributed by atoms with E-state index in [0.717, 1.165) is 32.3 Å². The molecule has 0 saturated carbocycles.